The molecule has 84 valence electrons. The van der Waals surface area contributed by atoms with Crippen LogP contribution in [-0.2, 0) is 0 Å². The molecule has 3 heterocycles. The number of rotatable bonds is 2. The number of halogens is 1. The second kappa shape index (κ2) is 3.98. The highest BCUT2D eigenvalue weighted by Gasteiger charge is 2.15. The van der Waals surface area contributed by atoms with Crippen LogP contribution in [0.15, 0.2) is 36.7 Å². The van der Waals surface area contributed by atoms with Crippen LogP contribution in [-0.4, -0.2) is 15.8 Å². The van der Waals surface area contributed by atoms with E-state index in [2.05, 4.69) is 9.97 Å². The monoisotopic (exact) mass is 262 g/mol. The molecule has 0 unspecified atom stereocenters. The smallest absolute Gasteiger partial charge is 0.205 e. The molecule has 3 aromatic rings. The van der Waals surface area contributed by atoms with Gasteiger partial charge in [-0.2, -0.15) is 0 Å². The molecule has 0 aliphatic heterocycles. The summed E-state index contributed by atoms with van der Waals surface area (Å²) < 4.78 is 0.617. The van der Waals surface area contributed by atoms with Gasteiger partial charge in [-0.15, -0.1) is 11.3 Å². The number of ketones is 1. The first-order valence-electron chi connectivity index (χ1n) is 4.98. The lowest BCUT2D eigenvalue weighted by Gasteiger charge is -1.94. The number of aromatic nitrogens is 2. The van der Waals surface area contributed by atoms with Crippen molar-refractivity contribution in [2.75, 3.05) is 0 Å². The summed E-state index contributed by atoms with van der Waals surface area (Å²) in [5, 5.41) is 0.835. The zero-order valence-electron chi connectivity index (χ0n) is 8.61. The van der Waals surface area contributed by atoms with Crippen molar-refractivity contribution in [3.05, 3.63) is 51.4 Å². The Labute approximate surface area is 106 Å². The summed E-state index contributed by atoms with van der Waals surface area (Å²) in [5.41, 5.74) is 1.35. The molecule has 0 aliphatic rings. The molecule has 5 heteroatoms. The summed E-state index contributed by atoms with van der Waals surface area (Å²) in [7, 11) is 0. The number of nitrogens with one attached hydrogen (secondary N) is 1. The highest BCUT2D eigenvalue weighted by atomic mass is 35.5. The van der Waals surface area contributed by atoms with Crippen LogP contribution in [0.25, 0.3) is 11.0 Å². The van der Waals surface area contributed by atoms with E-state index in [0.717, 1.165) is 11.0 Å². The van der Waals surface area contributed by atoms with Gasteiger partial charge >= 0.3 is 0 Å². The van der Waals surface area contributed by atoms with E-state index >= 15 is 0 Å². The van der Waals surface area contributed by atoms with Crippen LogP contribution < -0.4 is 0 Å². The molecule has 0 bridgehead atoms. The first kappa shape index (κ1) is 10.5. The van der Waals surface area contributed by atoms with Crippen LogP contribution in [0.4, 0.5) is 0 Å². The van der Waals surface area contributed by atoms with E-state index in [1.165, 1.54) is 11.3 Å². The number of thiophene rings is 1. The van der Waals surface area contributed by atoms with Crippen LogP contribution in [0.5, 0.6) is 0 Å². The maximum atomic E-state index is 12.2. The van der Waals surface area contributed by atoms with E-state index in [-0.39, 0.29) is 5.78 Å². The molecule has 3 aromatic heterocycles. The van der Waals surface area contributed by atoms with Crippen molar-refractivity contribution in [2.45, 2.75) is 0 Å². The molecule has 3 nitrogen and oxygen atoms in total. The molecule has 0 amide bonds. The van der Waals surface area contributed by atoms with Gasteiger partial charge in [-0.05, 0) is 24.3 Å². The molecule has 17 heavy (non-hydrogen) atoms. The zero-order chi connectivity index (χ0) is 11.8. The molecule has 0 aromatic carbocycles. The fourth-order valence-corrected chi connectivity index (χ4v) is 2.71. The Hall–Kier alpha value is -1.65. The average Bonchev–Trinajstić information content (AvgIpc) is 2.94. The molecule has 0 atom stereocenters. The van der Waals surface area contributed by atoms with Gasteiger partial charge in [0.05, 0.1) is 14.8 Å². The van der Waals surface area contributed by atoms with Gasteiger partial charge in [0, 0.05) is 17.8 Å². The van der Waals surface area contributed by atoms with E-state index in [1.807, 2.05) is 12.1 Å². The Morgan fingerprint density at radius 1 is 1.35 bits per heavy atom. The van der Waals surface area contributed by atoms with Gasteiger partial charge in [-0.3, -0.25) is 4.79 Å². The van der Waals surface area contributed by atoms with Crippen molar-refractivity contribution in [1.82, 2.24) is 9.97 Å². The molecule has 0 aliphatic carbocycles. The summed E-state index contributed by atoms with van der Waals surface area (Å²) in [6, 6.07) is 7.16. The van der Waals surface area contributed by atoms with E-state index in [1.54, 1.807) is 24.5 Å². The normalized spacial score (nSPS) is 10.9. The standard InChI is InChI=1S/C12H7ClN2OS/c13-10-4-3-9(17-10)11(16)8-6-15-12-7(8)2-1-5-14-12/h1-6H,(H,14,15). The van der Waals surface area contributed by atoms with E-state index in [0.29, 0.717) is 14.8 Å². The quantitative estimate of drug-likeness (QED) is 0.719. The minimum absolute atomic E-state index is 0.0267. The zero-order valence-corrected chi connectivity index (χ0v) is 10.2. The number of hydrogen-bond donors (Lipinski definition) is 1. The molecule has 0 saturated carbocycles. The third kappa shape index (κ3) is 1.75. The Morgan fingerprint density at radius 2 is 2.24 bits per heavy atom. The van der Waals surface area contributed by atoms with Crippen LogP contribution in [0, 0.1) is 0 Å². The highest BCUT2D eigenvalue weighted by Crippen LogP contribution is 2.26. The minimum Gasteiger partial charge on any atom is -0.345 e. The van der Waals surface area contributed by atoms with Crippen molar-refractivity contribution in [3.8, 4) is 0 Å². The van der Waals surface area contributed by atoms with Crippen LogP contribution >= 0.6 is 22.9 Å². The van der Waals surface area contributed by atoms with Crippen molar-refractivity contribution in [3.63, 3.8) is 0 Å². The van der Waals surface area contributed by atoms with Gasteiger partial charge in [0.2, 0.25) is 5.78 Å². The summed E-state index contributed by atoms with van der Waals surface area (Å²) in [6.07, 6.45) is 3.38. The van der Waals surface area contributed by atoms with E-state index in [4.69, 9.17) is 11.6 Å². The Morgan fingerprint density at radius 3 is 3.00 bits per heavy atom. The number of fused-ring (bicyclic) bond motifs is 1. The number of H-pyrrole nitrogens is 1. The maximum absolute atomic E-state index is 12.2. The minimum atomic E-state index is -0.0267. The second-order valence-corrected chi connectivity index (χ2v) is 5.25. The van der Waals surface area contributed by atoms with E-state index in [9.17, 15) is 4.79 Å². The lowest BCUT2D eigenvalue weighted by atomic mass is 10.1. The second-order valence-electron chi connectivity index (χ2n) is 3.53. The Kier molecular flexibility index (Phi) is 2.46. The molecule has 0 radical (unpaired) electrons. The van der Waals surface area contributed by atoms with Crippen molar-refractivity contribution in [2.24, 2.45) is 0 Å². The van der Waals surface area contributed by atoms with Crippen molar-refractivity contribution in [1.29, 1.82) is 0 Å². The number of hydrogen-bond acceptors (Lipinski definition) is 3. The SMILES string of the molecule is O=C(c1ccc(Cl)s1)c1c[nH]c2ncccc12. The Bertz CT molecular complexity index is 701. The molecule has 0 spiro atoms. The van der Waals surface area contributed by atoms with Gasteiger partial charge in [-0.25, -0.2) is 4.98 Å². The summed E-state index contributed by atoms with van der Waals surface area (Å²) in [4.78, 5) is 20.0. The molecule has 1 N–H and O–H groups in total. The van der Waals surface area contributed by atoms with Gasteiger partial charge in [0.15, 0.2) is 0 Å². The van der Waals surface area contributed by atoms with Gasteiger partial charge < -0.3 is 4.98 Å². The average molecular weight is 263 g/mol. The predicted octanol–water partition coefficient (Wildman–Crippen LogP) is 3.51. The number of pyridine rings is 1. The summed E-state index contributed by atoms with van der Waals surface area (Å²) in [5.74, 6) is -0.0267. The Balaban J connectivity index is 2.13. The predicted molar refractivity (Wildman–Crippen MR) is 68.9 cm³/mol. The number of aromatic amines is 1. The highest BCUT2D eigenvalue weighted by molar-refractivity contribution is 7.18. The van der Waals surface area contributed by atoms with Crippen molar-refractivity contribution >= 4 is 39.8 Å². The first-order valence-corrected chi connectivity index (χ1v) is 6.17. The van der Waals surface area contributed by atoms with Crippen LogP contribution in [0.1, 0.15) is 15.2 Å². The van der Waals surface area contributed by atoms with Gasteiger partial charge in [-0.1, -0.05) is 11.6 Å². The molecule has 0 fully saturated rings. The molecule has 3 rings (SSSR count). The fourth-order valence-electron chi connectivity index (χ4n) is 1.71. The van der Waals surface area contributed by atoms with Crippen LogP contribution in [0.3, 0.4) is 0 Å². The number of carbonyl (C=O) groups excluding carboxylic acids is 1. The topological polar surface area (TPSA) is 45.8 Å². The molecular formula is C12H7ClN2OS. The third-order valence-electron chi connectivity index (χ3n) is 2.49. The van der Waals surface area contributed by atoms with Crippen molar-refractivity contribution < 1.29 is 4.79 Å². The lowest BCUT2D eigenvalue weighted by Crippen LogP contribution is -1.96. The molecular weight excluding hydrogens is 256 g/mol. The summed E-state index contributed by atoms with van der Waals surface area (Å²) in [6.45, 7) is 0. The van der Waals surface area contributed by atoms with Crippen LogP contribution in [0.2, 0.25) is 4.34 Å². The largest absolute Gasteiger partial charge is 0.345 e. The maximum Gasteiger partial charge on any atom is 0.205 e. The third-order valence-corrected chi connectivity index (χ3v) is 3.72. The fraction of sp³-hybridized carbons (Fsp3) is 0. The van der Waals surface area contributed by atoms with Gasteiger partial charge in [0.1, 0.15) is 5.65 Å². The summed E-state index contributed by atoms with van der Waals surface area (Å²) >= 11 is 7.11. The lowest BCUT2D eigenvalue weighted by molar-refractivity contribution is 0.104. The first-order chi connectivity index (χ1) is 8.25. The van der Waals surface area contributed by atoms with Gasteiger partial charge in [0.25, 0.3) is 0 Å². The molecule has 0 saturated heterocycles. The number of nitrogens with zero attached hydrogens (tertiary/aromatic N) is 1. The van der Waals surface area contributed by atoms with E-state index < -0.39 is 0 Å². The number of carbonyl (C=O) groups is 1.